The molecular formula is C21H20N6O3. The minimum atomic E-state index is -0.378. The predicted octanol–water partition coefficient (Wildman–Crippen LogP) is 2.29. The fourth-order valence-electron chi connectivity index (χ4n) is 2.87. The van der Waals surface area contributed by atoms with E-state index in [1.807, 2.05) is 41.2 Å². The van der Waals surface area contributed by atoms with Gasteiger partial charge in [-0.15, -0.1) is 0 Å². The normalized spacial score (nSPS) is 10.7. The summed E-state index contributed by atoms with van der Waals surface area (Å²) in [7, 11) is 0. The van der Waals surface area contributed by atoms with Gasteiger partial charge in [0.2, 0.25) is 5.91 Å². The molecule has 0 bridgehead atoms. The van der Waals surface area contributed by atoms with E-state index in [2.05, 4.69) is 20.8 Å². The molecule has 0 aliphatic rings. The Morgan fingerprint density at radius 1 is 0.933 bits per heavy atom. The number of hydrogen-bond donors (Lipinski definition) is 2. The molecule has 0 atom stereocenters. The first-order valence-electron chi connectivity index (χ1n) is 9.35. The van der Waals surface area contributed by atoms with Crippen molar-refractivity contribution >= 4 is 17.5 Å². The van der Waals surface area contributed by atoms with Gasteiger partial charge in [0.05, 0.1) is 30.9 Å². The van der Waals surface area contributed by atoms with Crippen LogP contribution in [-0.4, -0.2) is 31.4 Å². The van der Waals surface area contributed by atoms with Crippen LogP contribution in [0, 0.1) is 0 Å². The molecule has 0 saturated heterocycles. The summed E-state index contributed by atoms with van der Waals surface area (Å²) < 4.78 is 8.32. The third-order valence-corrected chi connectivity index (χ3v) is 4.31. The monoisotopic (exact) mass is 404 g/mol. The molecule has 3 aromatic heterocycles. The number of rotatable bonds is 8. The van der Waals surface area contributed by atoms with Crippen molar-refractivity contribution < 1.29 is 14.0 Å². The van der Waals surface area contributed by atoms with Gasteiger partial charge in [0.15, 0.2) is 5.76 Å². The minimum absolute atomic E-state index is 0.0365. The zero-order valence-electron chi connectivity index (χ0n) is 16.1. The van der Waals surface area contributed by atoms with Gasteiger partial charge in [0, 0.05) is 24.5 Å². The van der Waals surface area contributed by atoms with Crippen LogP contribution in [0.2, 0.25) is 0 Å². The maximum atomic E-state index is 12.2. The average molecular weight is 404 g/mol. The number of carbonyl (C=O) groups excluding carboxylic acids is 2. The lowest BCUT2D eigenvalue weighted by atomic mass is 10.2. The summed E-state index contributed by atoms with van der Waals surface area (Å²) in [6.07, 6.45) is 8.12. The second-order valence-electron chi connectivity index (χ2n) is 6.67. The zero-order chi connectivity index (χ0) is 20.8. The Morgan fingerprint density at radius 2 is 1.77 bits per heavy atom. The SMILES string of the molecule is O=C(Cn1cc(NC(=O)c2ccco2)cn1)NCc1cnn(Cc2ccccc2)c1. The summed E-state index contributed by atoms with van der Waals surface area (Å²) in [5, 5.41) is 13.9. The highest BCUT2D eigenvalue weighted by Crippen LogP contribution is 2.09. The molecule has 2 N–H and O–H groups in total. The number of nitrogens with zero attached hydrogens (tertiary/aromatic N) is 4. The highest BCUT2D eigenvalue weighted by Gasteiger charge is 2.11. The lowest BCUT2D eigenvalue weighted by Crippen LogP contribution is -2.27. The summed E-state index contributed by atoms with van der Waals surface area (Å²) >= 11 is 0. The van der Waals surface area contributed by atoms with Crippen molar-refractivity contribution in [1.29, 1.82) is 0 Å². The van der Waals surface area contributed by atoms with Crippen molar-refractivity contribution in [3.8, 4) is 0 Å². The first-order chi connectivity index (χ1) is 14.7. The number of carbonyl (C=O) groups is 2. The summed E-state index contributed by atoms with van der Waals surface area (Å²) in [4.78, 5) is 24.2. The molecule has 30 heavy (non-hydrogen) atoms. The second kappa shape index (κ2) is 8.91. The van der Waals surface area contributed by atoms with Gasteiger partial charge in [-0.1, -0.05) is 30.3 Å². The van der Waals surface area contributed by atoms with E-state index in [-0.39, 0.29) is 24.1 Å². The number of aromatic nitrogens is 4. The van der Waals surface area contributed by atoms with E-state index < -0.39 is 0 Å². The van der Waals surface area contributed by atoms with Gasteiger partial charge in [0.25, 0.3) is 5.91 Å². The molecule has 1 aromatic carbocycles. The van der Waals surface area contributed by atoms with Gasteiger partial charge in [-0.05, 0) is 17.7 Å². The Bertz CT molecular complexity index is 1110. The maximum Gasteiger partial charge on any atom is 0.291 e. The number of furan rings is 1. The van der Waals surface area contributed by atoms with Gasteiger partial charge < -0.3 is 15.1 Å². The minimum Gasteiger partial charge on any atom is -0.459 e. The second-order valence-corrected chi connectivity index (χ2v) is 6.67. The van der Waals surface area contributed by atoms with Crippen LogP contribution >= 0.6 is 0 Å². The Kier molecular flexibility index (Phi) is 5.70. The van der Waals surface area contributed by atoms with Crippen molar-refractivity contribution in [2.75, 3.05) is 5.32 Å². The standard InChI is InChI=1S/C21H20N6O3/c28-20(15-27-14-18(11-24-27)25-21(29)19-7-4-8-30-19)22-9-17-10-23-26(13-17)12-16-5-2-1-3-6-16/h1-8,10-11,13-14H,9,12,15H2,(H,22,28)(H,25,29). The number of anilines is 1. The molecule has 0 spiro atoms. The molecule has 3 heterocycles. The van der Waals surface area contributed by atoms with E-state index in [9.17, 15) is 9.59 Å². The van der Waals surface area contributed by atoms with Crippen LogP contribution < -0.4 is 10.6 Å². The van der Waals surface area contributed by atoms with Gasteiger partial charge >= 0.3 is 0 Å². The van der Waals surface area contributed by atoms with Crippen LogP contribution in [0.5, 0.6) is 0 Å². The molecule has 4 aromatic rings. The fourth-order valence-corrected chi connectivity index (χ4v) is 2.87. The summed E-state index contributed by atoms with van der Waals surface area (Å²) in [5.74, 6) is -0.373. The largest absolute Gasteiger partial charge is 0.459 e. The van der Waals surface area contributed by atoms with E-state index in [1.54, 1.807) is 24.5 Å². The first-order valence-corrected chi connectivity index (χ1v) is 9.35. The Hall–Kier alpha value is -4.14. The van der Waals surface area contributed by atoms with Crippen LogP contribution in [0.15, 0.2) is 77.9 Å². The molecule has 152 valence electrons. The van der Waals surface area contributed by atoms with E-state index >= 15 is 0 Å². The van der Waals surface area contributed by atoms with Gasteiger partial charge in [-0.2, -0.15) is 10.2 Å². The zero-order valence-corrected chi connectivity index (χ0v) is 16.1. The van der Waals surface area contributed by atoms with Crippen molar-refractivity contribution in [3.05, 3.63) is 90.4 Å². The Balaban J connectivity index is 1.24. The summed E-state index contributed by atoms with van der Waals surface area (Å²) in [5.41, 5.74) is 2.54. The molecule has 0 saturated carbocycles. The highest BCUT2D eigenvalue weighted by atomic mass is 16.3. The third-order valence-electron chi connectivity index (χ3n) is 4.31. The average Bonchev–Trinajstić information content (AvgIpc) is 3.50. The van der Waals surface area contributed by atoms with E-state index in [0.29, 0.717) is 18.8 Å². The van der Waals surface area contributed by atoms with Crippen LogP contribution in [0.4, 0.5) is 5.69 Å². The predicted molar refractivity (Wildman–Crippen MR) is 109 cm³/mol. The molecule has 9 heteroatoms. The number of hydrogen-bond acceptors (Lipinski definition) is 5. The van der Waals surface area contributed by atoms with Crippen molar-refractivity contribution in [2.45, 2.75) is 19.6 Å². The highest BCUT2D eigenvalue weighted by molar-refractivity contribution is 6.02. The maximum absolute atomic E-state index is 12.2. The van der Waals surface area contributed by atoms with E-state index in [4.69, 9.17) is 4.42 Å². The van der Waals surface area contributed by atoms with Crippen molar-refractivity contribution in [1.82, 2.24) is 24.9 Å². The van der Waals surface area contributed by atoms with Gasteiger partial charge in [-0.25, -0.2) is 0 Å². The molecule has 4 rings (SSSR count). The number of benzene rings is 1. The molecule has 0 aliphatic carbocycles. The molecule has 9 nitrogen and oxygen atoms in total. The quantitative estimate of drug-likeness (QED) is 0.469. The van der Waals surface area contributed by atoms with Crippen molar-refractivity contribution in [3.63, 3.8) is 0 Å². The summed E-state index contributed by atoms with van der Waals surface area (Å²) in [6, 6.07) is 13.2. The molecular weight excluding hydrogens is 384 g/mol. The van der Waals surface area contributed by atoms with Crippen LogP contribution in [0.25, 0.3) is 0 Å². The van der Waals surface area contributed by atoms with Crippen LogP contribution in [0.3, 0.4) is 0 Å². The van der Waals surface area contributed by atoms with Gasteiger partial charge in [-0.3, -0.25) is 19.0 Å². The van der Waals surface area contributed by atoms with E-state index in [0.717, 1.165) is 11.1 Å². The van der Waals surface area contributed by atoms with E-state index in [1.165, 1.54) is 17.1 Å². The Morgan fingerprint density at radius 3 is 2.57 bits per heavy atom. The molecule has 2 amide bonds. The van der Waals surface area contributed by atoms with Gasteiger partial charge in [0.1, 0.15) is 6.54 Å². The molecule has 0 radical (unpaired) electrons. The Labute approximate surface area is 172 Å². The van der Waals surface area contributed by atoms with Crippen LogP contribution in [-0.2, 0) is 24.4 Å². The van der Waals surface area contributed by atoms with Crippen molar-refractivity contribution in [2.24, 2.45) is 0 Å². The molecule has 0 fully saturated rings. The summed E-state index contributed by atoms with van der Waals surface area (Å²) in [6.45, 7) is 1.08. The lowest BCUT2D eigenvalue weighted by molar-refractivity contribution is -0.122. The third kappa shape index (κ3) is 5.02. The fraction of sp³-hybridized carbons (Fsp3) is 0.143. The first kappa shape index (κ1) is 19.2. The molecule has 0 aliphatic heterocycles. The topological polar surface area (TPSA) is 107 Å². The smallest absolute Gasteiger partial charge is 0.291 e. The van der Waals surface area contributed by atoms with Crippen LogP contribution in [0.1, 0.15) is 21.7 Å². The number of nitrogens with one attached hydrogen (secondary N) is 2. The lowest BCUT2D eigenvalue weighted by Gasteiger charge is -2.04. The number of amides is 2. The molecule has 0 unspecified atom stereocenters.